The van der Waals surface area contributed by atoms with Crippen molar-refractivity contribution in [3.63, 3.8) is 0 Å². The third-order valence-corrected chi connectivity index (χ3v) is 5.10. The Kier molecular flexibility index (Phi) is 3.15. The summed E-state index contributed by atoms with van der Waals surface area (Å²) in [5, 5.41) is 10.3. The van der Waals surface area contributed by atoms with Crippen molar-refractivity contribution in [2.45, 2.75) is 52.1 Å². The van der Waals surface area contributed by atoms with E-state index in [0.29, 0.717) is 5.92 Å². The van der Waals surface area contributed by atoms with Crippen LogP contribution >= 0.6 is 11.3 Å². The van der Waals surface area contributed by atoms with Crippen molar-refractivity contribution in [1.29, 1.82) is 0 Å². The molecule has 0 amide bonds. The van der Waals surface area contributed by atoms with Gasteiger partial charge in [-0.1, -0.05) is 27.7 Å². The predicted octanol–water partition coefficient (Wildman–Crippen LogP) is 4.13. The highest BCUT2D eigenvalue weighted by Gasteiger charge is 2.34. The summed E-state index contributed by atoms with van der Waals surface area (Å²) >= 11 is 1.77. The second-order valence-corrected chi connectivity index (χ2v) is 7.21. The normalized spacial score (nSPS) is 20.8. The topological polar surface area (TPSA) is 20.2 Å². The van der Waals surface area contributed by atoms with Crippen molar-refractivity contribution in [3.8, 4) is 0 Å². The van der Waals surface area contributed by atoms with E-state index in [4.69, 9.17) is 0 Å². The Bertz CT molecular complexity index is 357. The second kappa shape index (κ2) is 4.15. The van der Waals surface area contributed by atoms with Crippen molar-refractivity contribution < 1.29 is 5.11 Å². The van der Waals surface area contributed by atoms with Gasteiger partial charge in [-0.25, -0.2) is 0 Å². The fourth-order valence-corrected chi connectivity index (χ4v) is 3.22. The van der Waals surface area contributed by atoms with Gasteiger partial charge in [0.2, 0.25) is 0 Å². The Morgan fingerprint density at radius 1 is 1.31 bits per heavy atom. The molecule has 16 heavy (non-hydrogen) atoms. The van der Waals surface area contributed by atoms with Gasteiger partial charge in [0.05, 0.1) is 6.10 Å². The van der Waals surface area contributed by atoms with E-state index in [9.17, 15) is 5.11 Å². The minimum atomic E-state index is -0.256. The van der Waals surface area contributed by atoms with Crippen LogP contribution in [0.3, 0.4) is 0 Å². The first-order chi connectivity index (χ1) is 7.39. The summed E-state index contributed by atoms with van der Waals surface area (Å²) in [4.78, 5) is 2.51. The minimum absolute atomic E-state index is 0.200. The summed E-state index contributed by atoms with van der Waals surface area (Å²) in [5.74, 6) is 1.18. The maximum Gasteiger partial charge on any atom is 0.0910 e. The van der Waals surface area contributed by atoms with Crippen molar-refractivity contribution in [2.24, 2.45) is 11.8 Å². The van der Waals surface area contributed by atoms with E-state index in [2.05, 4.69) is 39.8 Å². The Morgan fingerprint density at radius 3 is 2.38 bits per heavy atom. The summed E-state index contributed by atoms with van der Waals surface area (Å²) < 4.78 is 0. The predicted molar refractivity (Wildman–Crippen MR) is 69.9 cm³/mol. The lowest BCUT2D eigenvalue weighted by Gasteiger charge is -2.18. The molecule has 0 spiro atoms. The highest BCUT2D eigenvalue weighted by atomic mass is 32.1. The first-order valence-corrected chi connectivity index (χ1v) is 6.99. The smallest absolute Gasteiger partial charge is 0.0910 e. The number of hydrogen-bond donors (Lipinski definition) is 1. The van der Waals surface area contributed by atoms with E-state index >= 15 is 0 Å². The van der Waals surface area contributed by atoms with Gasteiger partial charge in [-0.05, 0) is 42.2 Å². The fourth-order valence-electron chi connectivity index (χ4n) is 2.05. The van der Waals surface area contributed by atoms with E-state index in [1.54, 1.807) is 11.3 Å². The van der Waals surface area contributed by atoms with Crippen LogP contribution in [0.25, 0.3) is 0 Å². The van der Waals surface area contributed by atoms with Crippen LogP contribution in [0.2, 0.25) is 0 Å². The molecule has 0 bridgehead atoms. The van der Waals surface area contributed by atoms with E-state index in [0.717, 1.165) is 10.8 Å². The number of thiophene rings is 1. The van der Waals surface area contributed by atoms with Gasteiger partial charge < -0.3 is 5.11 Å². The lowest BCUT2D eigenvalue weighted by atomic mass is 9.94. The van der Waals surface area contributed by atoms with E-state index in [1.807, 2.05) is 0 Å². The van der Waals surface area contributed by atoms with Gasteiger partial charge in [0.1, 0.15) is 0 Å². The number of aliphatic hydroxyl groups is 1. The molecule has 0 saturated heterocycles. The Morgan fingerprint density at radius 2 is 1.94 bits per heavy atom. The summed E-state index contributed by atoms with van der Waals surface area (Å²) in [7, 11) is 0. The van der Waals surface area contributed by atoms with Gasteiger partial charge in [-0.2, -0.15) is 0 Å². The van der Waals surface area contributed by atoms with Crippen LogP contribution in [0.4, 0.5) is 0 Å². The van der Waals surface area contributed by atoms with Gasteiger partial charge >= 0.3 is 0 Å². The standard InChI is InChI=1S/C14H22OS/c1-9(10-5-6-10)13(15)11-7-8-12(16-11)14(2,3)4/h7-10,13,15H,5-6H2,1-4H3. The van der Waals surface area contributed by atoms with E-state index < -0.39 is 0 Å². The molecule has 1 saturated carbocycles. The van der Waals surface area contributed by atoms with Crippen LogP contribution in [0.5, 0.6) is 0 Å². The third-order valence-electron chi connectivity index (χ3n) is 3.52. The van der Waals surface area contributed by atoms with Gasteiger partial charge in [-0.3, -0.25) is 0 Å². The number of rotatable bonds is 3. The highest BCUT2D eigenvalue weighted by Crippen LogP contribution is 2.44. The van der Waals surface area contributed by atoms with Crippen LogP contribution in [0.1, 0.15) is 56.4 Å². The van der Waals surface area contributed by atoms with Crippen LogP contribution in [0, 0.1) is 11.8 Å². The zero-order valence-corrected chi connectivity index (χ0v) is 11.5. The molecule has 1 aliphatic rings. The van der Waals surface area contributed by atoms with Gasteiger partial charge in [-0.15, -0.1) is 11.3 Å². The molecule has 0 radical (unpaired) electrons. The Labute approximate surface area is 103 Å². The van der Waals surface area contributed by atoms with Gasteiger partial charge in [0, 0.05) is 9.75 Å². The average Bonchev–Trinajstić information content (AvgIpc) is 2.91. The molecule has 2 atom stereocenters. The lowest BCUT2D eigenvalue weighted by Crippen LogP contribution is -2.10. The molecule has 1 aliphatic carbocycles. The SMILES string of the molecule is CC(C1CC1)C(O)c1ccc(C(C)(C)C)s1. The van der Waals surface area contributed by atoms with Crippen molar-refractivity contribution in [1.82, 2.24) is 0 Å². The molecule has 1 N–H and O–H groups in total. The molecule has 1 nitrogen and oxygen atoms in total. The molecule has 2 unspecified atom stereocenters. The molecular weight excluding hydrogens is 216 g/mol. The molecular formula is C14H22OS. The van der Waals surface area contributed by atoms with Gasteiger partial charge in [0.15, 0.2) is 0 Å². The van der Waals surface area contributed by atoms with Crippen molar-refractivity contribution in [3.05, 3.63) is 21.9 Å². The molecule has 2 rings (SSSR count). The zero-order chi connectivity index (χ0) is 11.9. The molecule has 1 fully saturated rings. The Balaban J connectivity index is 2.11. The van der Waals surface area contributed by atoms with Crippen LogP contribution in [0.15, 0.2) is 12.1 Å². The summed E-state index contributed by atoms with van der Waals surface area (Å²) in [5.41, 5.74) is 0.200. The molecule has 0 aliphatic heterocycles. The summed E-state index contributed by atoms with van der Waals surface area (Å²) in [6.45, 7) is 8.84. The second-order valence-electron chi connectivity index (χ2n) is 6.09. The molecule has 2 heteroatoms. The molecule has 1 aromatic heterocycles. The summed E-state index contributed by atoms with van der Waals surface area (Å²) in [6, 6.07) is 4.28. The fraction of sp³-hybridized carbons (Fsp3) is 0.714. The van der Waals surface area contributed by atoms with Crippen LogP contribution in [-0.4, -0.2) is 5.11 Å². The van der Waals surface area contributed by atoms with E-state index in [1.165, 1.54) is 17.7 Å². The number of hydrogen-bond acceptors (Lipinski definition) is 2. The lowest BCUT2D eigenvalue weighted by molar-refractivity contribution is 0.109. The van der Waals surface area contributed by atoms with Crippen LogP contribution in [-0.2, 0) is 5.41 Å². The zero-order valence-electron chi connectivity index (χ0n) is 10.7. The monoisotopic (exact) mass is 238 g/mol. The molecule has 0 aromatic carbocycles. The highest BCUT2D eigenvalue weighted by molar-refractivity contribution is 7.12. The third kappa shape index (κ3) is 2.49. The van der Waals surface area contributed by atoms with E-state index in [-0.39, 0.29) is 11.5 Å². The first-order valence-electron chi connectivity index (χ1n) is 6.18. The molecule has 1 heterocycles. The quantitative estimate of drug-likeness (QED) is 0.839. The summed E-state index contributed by atoms with van der Waals surface area (Å²) in [6.07, 6.45) is 2.35. The molecule has 90 valence electrons. The van der Waals surface area contributed by atoms with Crippen molar-refractivity contribution in [2.75, 3.05) is 0 Å². The van der Waals surface area contributed by atoms with Crippen LogP contribution < -0.4 is 0 Å². The average molecular weight is 238 g/mol. The number of aliphatic hydroxyl groups excluding tert-OH is 1. The first kappa shape index (κ1) is 12.1. The Hall–Kier alpha value is -0.340. The largest absolute Gasteiger partial charge is 0.387 e. The van der Waals surface area contributed by atoms with Gasteiger partial charge in [0.25, 0.3) is 0 Å². The van der Waals surface area contributed by atoms with Crippen molar-refractivity contribution >= 4 is 11.3 Å². The molecule has 1 aromatic rings. The maximum absolute atomic E-state index is 10.3. The maximum atomic E-state index is 10.3. The minimum Gasteiger partial charge on any atom is -0.387 e.